The molecule has 1 fully saturated rings. The zero-order chi connectivity index (χ0) is 24.0. The third kappa shape index (κ3) is 5.55. The van der Waals surface area contributed by atoms with Crippen LogP contribution in [0.15, 0.2) is 91.1 Å². The van der Waals surface area contributed by atoms with E-state index in [-0.39, 0.29) is 11.8 Å². The van der Waals surface area contributed by atoms with Crippen LogP contribution in [0.2, 0.25) is 0 Å². The van der Waals surface area contributed by atoms with E-state index in [0.717, 1.165) is 38.2 Å². The molecule has 1 aliphatic heterocycles. The highest BCUT2D eigenvalue weighted by atomic mass is 16.2. The molecule has 1 atom stereocenters. The Bertz CT molecular complexity index is 1280. The minimum absolute atomic E-state index is 0.0334. The van der Waals surface area contributed by atoms with Crippen LogP contribution in [-0.2, 0) is 4.79 Å². The summed E-state index contributed by atoms with van der Waals surface area (Å²) in [6.45, 7) is 6.40. The minimum atomic E-state index is 0.0334. The maximum atomic E-state index is 13.5. The van der Waals surface area contributed by atoms with Gasteiger partial charge in [-0.1, -0.05) is 90.5 Å². The van der Waals surface area contributed by atoms with Gasteiger partial charge in [0.1, 0.15) is 0 Å². The van der Waals surface area contributed by atoms with Crippen molar-refractivity contribution in [2.45, 2.75) is 19.3 Å². The molecule has 1 N–H and O–H groups in total. The van der Waals surface area contributed by atoms with Gasteiger partial charge >= 0.3 is 0 Å². The fourth-order valence-corrected chi connectivity index (χ4v) is 4.97. The number of carbonyl (C=O) groups is 1. The van der Waals surface area contributed by atoms with Crippen molar-refractivity contribution in [2.75, 3.05) is 32.7 Å². The van der Waals surface area contributed by atoms with Crippen molar-refractivity contribution in [3.8, 4) is 0 Å². The smallest absolute Gasteiger partial charge is 0.223 e. The molecule has 0 spiro atoms. The quantitative estimate of drug-likeness (QED) is 0.373. The zero-order valence-electron chi connectivity index (χ0n) is 20.4. The van der Waals surface area contributed by atoms with E-state index >= 15 is 0 Å². The molecule has 0 unspecified atom stereocenters. The lowest BCUT2D eigenvalue weighted by Gasteiger charge is -2.35. The van der Waals surface area contributed by atoms with Crippen LogP contribution in [0.25, 0.3) is 17.0 Å². The fourth-order valence-electron chi connectivity index (χ4n) is 4.97. The molecule has 1 aromatic heterocycles. The number of carbonyl (C=O) groups excluding carboxylic acids is 1. The molecular formula is C31H33N3O. The first-order valence-corrected chi connectivity index (χ1v) is 12.5. The normalized spacial score (nSPS) is 15.6. The number of fused-ring (bicyclic) bond motifs is 1. The molecule has 0 radical (unpaired) electrons. The highest BCUT2D eigenvalue weighted by Crippen LogP contribution is 2.34. The highest BCUT2D eigenvalue weighted by Gasteiger charge is 2.26. The molecule has 2 heterocycles. The zero-order valence-corrected chi connectivity index (χ0v) is 20.4. The van der Waals surface area contributed by atoms with Gasteiger partial charge in [0.05, 0.1) is 0 Å². The van der Waals surface area contributed by atoms with E-state index in [0.29, 0.717) is 6.42 Å². The Hall–Kier alpha value is -3.63. The summed E-state index contributed by atoms with van der Waals surface area (Å²) in [7, 11) is 0. The van der Waals surface area contributed by atoms with Gasteiger partial charge in [-0.15, -0.1) is 0 Å². The average molecular weight is 464 g/mol. The summed E-state index contributed by atoms with van der Waals surface area (Å²) < 4.78 is 0. The molecule has 0 bridgehead atoms. The van der Waals surface area contributed by atoms with Gasteiger partial charge in [0.25, 0.3) is 0 Å². The Balaban J connectivity index is 1.25. The van der Waals surface area contributed by atoms with Crippen LogP contribution in [0.5, 0.6) is 0 Å². The first-order valence-electron chi connectivity index (χ1n) is 12.5. The largest absolute Gasteiger partial charge is 0.361 e. The third-order valence-corrected chi connectivity index (χ3v) is 7.05. The number of aryl methyl sites for hydroxylation is 1. The summed E-state index contributed by atoms with van der Waals surface area (Å²) in [6.07, 6.45) is 6.96. The number of nitrogens with zero attached hydrogens (tertiary/aromatic N) is 2. The number of rotatable bonds is 7. The molecule has 3 aromatic carbocycles. The predicted molar refractivity (Wildman–Crippen MR) is 144 cm³/mol. The number of H-pyrrole nitrogens is 1. The van der Waals surface area contributed by atoms with E-state index in [9.17, 15) is 4.79 Å². The second kappa shape index (κ2) is 10.7. The van der Waals surface area contributed by atoms with Crippen molar-refractivity contribution < 1.29 is 4.79 Å². The number of nitrogens with one attached hydrogen (secondary N) is 1. The molecule has 1 saturated heterocycles. The third-order valence-electron chi connectivity index (χ3n) is 7.05. The summed E-state index contributed by atoms with van der Waals surface area (Å²) in [5.41, 5.74) is 5.96. The van der Waals surface area contributed by atoms with Gasteiger partial charge < -0.3 is 9.88 Å². The second-order valence-electron chi connectivity index (χ2n) is 9.45. The van der Waals surface area contributed by atoms with Gasteiger partial charge in [0.2, 0.25) is 5.91 Å². The molecule has 4 aromatic rings. The van der Waals surface area contributed by atoms with E-state index in [1.807, 2.05) is 17.0 Å². The SMILES string of the molecule is Cc1ccc([C@@H](CC(=O)N2CCN(C/C=C/c3ccccc3)CC2)c2c[nH]c3ccccc23)cc1. The lowest BCUT2D eigenvalue weighted by Crippen LogP contribution is -2.48. The Kier molecular flexibility index (Phi) is 7.10. The number of piperazine rings is 1. The topological polar surface area (TPSA) is 39.3 Å². The van der Waals surface area contributed by atoms with Crippen molar-refractivity contribution in [1.29, 1.82) is 0 Å². The van der Waals surface area contributed by atoms with Crippen LogP contribution < -0.4 is 0 Å². The van der Waals surface area contributed by atoms with Crippen LogP contribution in [0.4, 0.5) is 0 Å². The Morgan fingerprint density at radius 1 is 0.914 bits per heavy atom. The second-order valence-corrected chi connectivity index (χ2v) is 9.45. The number of amides is 1. The number of hydrogen-bond donors (Lipinski definition) is 1. The summed E-state index contributed by atoms with van der Waals surface area (Å²) in [6, 6.07) is 27.4. The van der Waals surface area contributed by atoms with Crippen molar-refractivity contribution in [1.82, 2.24) is 14.8 Å². The molecule has 0 saturated carbocycles. The first-order chi connectivity index (χ1) is 17.2. The highest BCUT2D eigenvalue weighted by molar-refractivity contribution is 5.86. The Morgan fingerprint density at radius 2 is 1.63 bits per heavy atom. The van der Waals surface area contributed by atoms with Crippen LogP contribution in [0.1, 0.15) is 34.6 Å². The minimum Gasteiger partial charge on any atom is -0.361 e. The number of aromatic nitrogens is 1. The number of hydrogen-bond acceptors (Lipinski definition) is 2. The van der Waals surface area contributed by atoms with Gasteiger partial charge in [0, 0.05) is 62.2 Å². The summed E-state index contributed by atoms with van der Waals surface area (Å²) in [5.74, 6) is 0.270. The molecule has 4 nitrogen and oxygen atoms in total. The van der Waals surface area contributed by atoms with E-state index in [4.69, 9.17) is 0 Å². The molecular weight excluding hydrogens is 430 g/mol. The summed E-state index contributed by atoms with van der Waals surface area (Å²) in [4.78, 5) is 21.3. The maximum Gasteiger partial charge on any atom is 0.223 e. The lowest BCUT2D eigenvalue weighted by molar-refractivity contribution is -0.133. The Labute approximate surface area is 207 Å². The van der Waals surface area contributed by atoms with E-state index in [2.05, 4.69) is 102 Å². The van der Waals surface area contributed by atoms with Gasteiger partial charge in [-0.2, -0.15) is 0 Å². The molecule has 4 heteroatoms. The molecule has 1 aliphatic rings. The van der Waals surface area contributed by atoms with E-state index < -0.39 is 0 Å². The van der Waals surface area contributed by atoms with Crippen LogP contribution in [0, 0.1) is 6.92 Å². The number of para-hydroxylation sites is 1. The molecule has 35 heavy (non-hydrogen) atoms. The number of benzene rings is 3. The van der Waals surface area contributed by atoms with Gasteiger partial charge in [-0.05, 0) is 29.7 Å². The van der Waals surface area contributed by atoms with Crippen LogP contribution in [0.3, 0.4) is 0 Å². The van der Waals surface area contributed by atoms with Crippen molar-refractivity contribution in [3.05, 3.63) is 113 Å². The van der Waals surface area contributed by atoms with Gasteiger partial charge in [-0.25, -0.2) is 0 Å². The van der Waals surface area contributed by atoms with Gasteiger partial charge in [0.15, 0.2) is 0 Å². The maximum absolute atomic E-state index is 13.5. The molecule has 0 aliphatic carbocycles. The summed E-state index contributed by atoms with van der Waals surface area (Å²) in [5, 5.41) is 1.20. The molecule has 1 amide bonds. The molecule has 178 valence electrons. The van der Waals surface area contributed by atoms with Crippen LogP contribution in [-0.4, -0.2) is 53.4 Å². The predicted octanol–water partition coefficient (Wildman–Crippen LogP) is 5.86. The monoisotopic (exact) mass is 463 g/mol. The average Bonchev–Trinajstić information content (AvgIpc) is 3.33. The standard InChI is InChI=1S/C31H33N3O/c1-24-13-15-26(16-14-24)28(29-23-32-30-12-6-5-11-27(29)30)22-31(35)34-20-18-33(19-21-34)17-7-10-25-8-3-2-4-9-25/h2-16,23,28,32H,17-22H2,1H3/b10-7+/t28-/m1/s1. The van der Waals surface area contributed by atoms with Crippen molar-refractivity contribution in [2.24, 2.45) is 0 Å². The van der Waals surface area contributed by atoms with Crippen molar-refractivity contribution in [3.63, 3.8) is 0 Å². The molecule has 5 rings (SSSR count). The van der Waals surface area contributed by atoms with Crippen LogP contribution >= 0.6 is 0 Å². The lowest BCUT2D eigenvalue weighted by atomic mass is 9.87. The van der Waals surface area contributed by atoms with E-state index in [1.165, 1.54) is 27.6 Å². The van der Waals surface area contributed by atoms with E-state index in [1.54, 1.807) is 0 Å². The fraction of sp³-hybridized carbons (Fsp3) is 0.258. The van der Waals surface area contributed by atoms with Crippen molar-refractivity contribution >= 4 is 22.9 Å². The first kappa shape index (κ1) is 23.1. The summed E-state index contributed by atoms with van der Waals surface area (Å²) >= 11 is 0. The number of aromatic amines is 1. The Morgan fingerprint density at radius 3 is 2.40 bits per heavy atom. The van der Waals surface area contributed by atoms with Gasteiger partial charge in [-0.3, -0.25) is 9.69 Å².